The van der Waals surface area contributed by atoms with Crippen LogP contribution in [-0.4, -0.2) is 55.2 Å². The zero-order valence-corrected chi connectivity index (χ0v) is 17.8. The first-order valence-corrected chi connectivity index (χ1v) is 10.9. The van der Waals surface area contributed by atoms with E-state index in [9.17, 15) is 13.2 Å². The van der Waals surface area contributed by atoms with Gasteiger partial charge in [0.1, 0.15) is 0 Å². The van der Waals surface area contributed by atoms with E-state index in [4.69, 9.17) is 17.3 Å². The molecule has 9 heteroatoms. The molecule has 1 saturated carbocycles. The van der Waals surface area contributed by atoms with Crippen LogP contribution < -0.4 is 5.73 Å². The van der Waals surface area contributed by atoms with Gasteiger partial charge in [-0.05, 0) is 38.0 Å². The Morgan fingerprint density at radius 3 is 2.48 bits per heavy atom. The Hall–Kier alpha value is -0.860. The molecule has 1 aliphatic heterocycles. The van der Waals surface area contributed by atoms with E-state index in [0.717, 1.165) is 25.7 Å². The fourth-order valence-electron chi connectivity index (χ4n) is 3.91. The fraction of sp³-hybridized carbons (Fsp3) is 0.611. The van der Waals surface area contributed by atoms with Gasteiger partial charge in [-0.15, -0.1) is 12.4 Å². The van der Waals surface area contributed by atoms with Crippen LogP contribution in [0.25, 0.3) is 0 Å². The van der Waals surface area contributed by atoms with Crippen LogP contribution in [0.5, 0.6) is 0 Å². The highest BCUT2D eigenvalue weighted by molar-refractivity contribution is 7.89. The highest BCUT2D eigenvalue weighted by Gasteiger charge is 2.41. The topological polar surface area (TPSA) is 83.7 Å². The van der Waals surface area contributed by atoms with Crippen LogP contribution in [0, 0.1) is 5.92 Å². The number of piperazine rings is 1. The molecule has 0 aromatic heterocycles. The standard InChI is InChI=1S/C18H26ClN3O3S.ClH/c1-18(20)8-3-2-7-16(18)17(23)21-9-11-22(12-10-21)26(24,25)15-6-4-5-14(19)13-15;/h4-6,13,16H,2-3,7-12,20H2,1H3;1H. The van der Waals surface area contributed by atoms with Gasteiger partial charge in [-0.2, -0.15) is 4.31 Å². The lowest BCUT2D eigenvalue weighted by Gasteiger charge is -2.42. The third-order valence-corrected chi connectivity index (χ3v) is 7.67. The Labute approximate surface area is 172 Å². The van der Waals surface area contributed by atoms with E-state index in [1.165, 1.54) is 10.4 Å². The summed E-state index contributed by atoms with van der Waals surface area (Å²) < 4.78 is 27.0. The molecule has 1 heterocycles. The van der Waals surface area contributed by atoms with E-state index in [-0.39, 0.29) is 42.2 Å². The molecule has 2 unspecified atom stereocenters. The smallest absolute Gasteiger partial charge is 0.243 e. The van der Waals surface area contributed by atoms with Crippen LogP contribution in [0.3, 0.4) is 0 Å². The van der Waals surface area contributed by atoms with Gasteiger partial charge in [0, 0.05) is 36.7 Å². The van der Waals surface area contributed by atoms with E-state index in [2.05, 4.69) is 0 Å². The number of nitrogens with two attached hydrogens (primary N) is 1. The van der Waals surface area contributed by atoms with Crippen molar-refractivity contribution < 1.29 is 13.2 Å². The molecule has 2 atom stereocenters. The van der Waals surface area contributed by atoms with Crippen molar-refractivity contribution in [2.24, 2.45) is 11.7 Å². The number of hydrogen-bond donors (Lipinski definition) is 1. The lowest BCUT2D eigenvalue weighted by atomic mass is 9.74. The summed E-state index contributed by atoms with van der Waals surface area (Å²) >= 11 is 5.92. The van der Waals surface area contributed by atoms with Crippen molar-refractivity contribution in [1.29, 1.82) is 0 Å². The maximum absolute atomic E-state index is 12.9. The molecule has 1 aromatic rings. The largest absolute Gasteiger partial charge is 0.340 e. The van der Waals surface area contributed by atoms with Crippen molar-refractivity contribution in [2.45, 2.75) is 43.0 Å². The van der Waals surface area contributed by atoms with Gasteiger partial charge in [0.05, 0.1) is 10.8 Å². The zero-order valence-electron chi connectivity index (χ0n) is 15.4. The second-order valence-electron chi connectivity index (χ2n) is 7.49. The maximum atomic E-state index is 12.9. The Bertz CT molecular complexity index is 778. The van der Waals surface area contributed by atoms with E-state index >= 15 is 0 Å². The van der Waals surface area contributed by atoms with Crippen LogP contribution >= 0.6 is 24.0 Å². The van der Waals surface area contributed by atoms with Crippen molar-refractivity contribution in [1.82, 2.24) is 9.21 Å². The molecule has 2 fully saturated rings. The van der Waals surface area contributed by atoms with E-state index in [0.29, 0.717) is 18.1 Å². The SMILES string of the molecule is CC1(N)CCCCC1C(=O)N1CCN(S(=O)(=O)c2cccc(Cl)c2)CC1.Cl. The molecule has 6 nitrogen and oxygen atoms in total. The number of rotatable bonds is 3. The molecule has 1 aromatic carbocycles. The van der Waals surface area contributed by atoms with E-state index in [1.54, 1.807) is 23.1 Å². The van der Waals surface area contributed by atoms with Crippen LogP contribution in [0.2, 0.25) is 5.02 Å². The predicted molar refractivity (Wildman–Crippen MR) is 109 cm³/mol. The minimum absolute atomic E-state index is 0. The second kappa shape index (κ2) is 8.66. The van der Waals surface area contributed by atoms with Gasteiger partial charge in [0.25, 0.3) is 0 Å². The molecule has 1 amide bonds. The molecule has 1 aliphatic carbocycles. The van der Waals surface area contributed by atoms with Crippen LogP contribution in [0.4, 0.5) is 0 Å². The highest BCUT2D eigenvalue weighted by atomic mass is 35.5. The Morgan fingerprint density at radius 2 is 1.89 bits per heavy atom. The van der Waals surface area contributed by atoms with Gasteiger partial charge in [-0.1, -0.05) is 30.5 Å². The fourth-order valence-corrected chi connectivity index (χ4v) is 5.63. The first-order chi connectivity index (χ1) is 12.2. The molecule has 3 rings (SSSR count). The highest BCUT2D eigenvalue weighted by Crippen LogP contribution is 2.33. The molecular formula is C18H27Cl2N3O3S. The summed E-state index contributed by atoms with van der Waals surface area (Å²) in [4.78, 5) is 14.9. The Balaban J connectivity index is 0.00000261. The van der Waals surface area contributed by atoms with Crippen molar-refractivity contribution in [3.05, 3.63) is 29.3 Å². The Kier molecular flexibility index (Phi) is 7.19. The molecule has 152 valence electrons. The molecule has 0 bridgehead atoms. The minimum Gasteiger partial charge on any atom is -0.340 e. The molecule has 27 heavy (non-hydrogen) atoms. The first kappa shape index (κ1) is 22.4. The van der Waals surface area contributed by atoms with Gasteiger partial charge < -0.3 is 10.6 Å². The quantitative estimate of drug-likeness (QED) is 0.789. The summed E-state index contributed by atoms with van der Waals surface area (Å²) in [5.74, 6) is -0.109. The van der Waals surface area contributed by atoms with Crippen molar-refractivity contribution in [3.8, 4) is 0 Å². The first-order valence-electron chi connectivity index (χ1n) is 9.05. The summed E-state index contributed by atoms with van der Waals surface area (Å²) in [7, 11) is -3.60. The predicted octanol–water partition coefficient (Wildman–Crippen LogP) is 2.50. The van der Waals surface area contributed by atoms with Gasteiger partial charge in [0.15, 0.2) is 0 Å². The van der Waals surface area contributed by atoms with Crippen LogP contribution in [-0.2, 0) is 14.8 Å². The third kappa shape index (κ3) is 4.77. The number of carbonyl (C=O) groups is 1. The van der Waals surface area contributed by atoms with Gasteiger partial charge >= 0.3 is 0 Å². The molecule has 0 radical (unpaired) electrons. The number of hydrogen-bond acceptors (Lipinski definition) is 4. The number of nitrogens with zero attached hydrogens (tertiary/aromatic N) is 2. The Morgan fingerprint density at radius 1 is 1.22 bits per heavy atom. The van der Waals surface area contributed by atoms with Crippen molar-refractivity contribution >= 4 is 39.9 Å². The summed E-state index contributed by atoms with van der Waals surface area (Å²) in [6.07, 6.45) is 3.74. The monoisotopic (exact) mass is 435 g/mol. The van der Waals surface area contributed by atoms with Gasteiger partial charge in [-0.25, -0.2) is 8.42 Å². The summed E-state index contributed by atoms with van der Waals surface area (Å²) in [6, 6.07) is 6.27. The number of carbonyl (C=O) groups excluding carboxylic acids is 1. The number of halogens is 2. The zero-order chi connectivity index (χ0) is 18.9. The van der Waals surface area contributed by atoms with E-state index < -0.39 is 15.6 Å². The van der Waals surface area contributed by atoms with Crippen LogP contribution in [0.1, 0.15) is 32.6 Å². The minimum atomic E-state index is -3.60. The number of benzene rings is 1. The molecule has 2 aliphatic rings. The molecular weight excluding hydrogens is 409 g/mol. The number of sulfonamides is 1. The summed E-state index contributed by atoms with van der Waals surface area (Å²) in [5, 5.41) is 0.388. The van der Waals surface area contributed by atoms with Crippen molar-refractivity contribution in [3.63, 3.8) is 0 Å². The number of amides is 1. The van der Waals surface area contributed by atoms with Gasteiger partial charge in [-0.3, -0.25) is 4.79 Å². The molecule has 0 spiro atoms. The average Bonchev–Trinajstić information content (AvgIpc) is 2.61. The van der Waals surface area contributed by atoms with Crippen molar-refractivity contribution in [2.75, 3.05) is 26.2 Å². The summed E-state index contributed by atoms with van der Waals surface area (Å²) in [6.45, 7) is 3.31. The second-order valence-corrected chi connectivity index (χ2v) is 9.87. The molecule has 2 N–H and O–H groups in total. The average molecular weight is 436 g/mol. The third-order valence-electron chi connectivity index (χ3n) is 5.54. The normalized spacial score (nSPS) is 27.1. The summed E-state index contributed by atoms with van der Waals surface area (Å²) in [5.41, 5.74) is 5.88. The van der Waals surface area contributed by atoms with Gasteiger partial charge in [0.2, 0.25) is 15.9 Å². The lowest BCUT2D eigenvalue weighted by molar-refractivity contribution is -0.140. The lowest BCUT2D eigenvalue weighted by Crippen LogP contribution is -2.57. The van der Waals surface area contributed by atoms with Crippen LogP contribution in [0.15, 0.2) is 29.2 Å². The molecule has 1 saturated heterocycles. The maximum Gasteiger partial charge on any atom is 0.243 e. The van der Waals surface area contributed by atoms with E-state index in [1.807, 2.05) is 6.92 Å².